The van der Waals surface area contributed by atoms with Gasteiger partial charge in [0.2, 0.25) is 16.8 Å². The number of fused-ring (bicyclic) bond motifs is 1. The van der Waals surface area contributed by atoms with E-state index in [1.165, 1.54) is 25.2 Å². The molecular weight excluding hydrogens is 424 g/mol. The van der Waals surface area contributed by atoms with Crippen LogP contribution in [0, 0.1) is 0 Å². The van der Waals surface area contributed by atoms with Crippen molar-refractivity contribution in [1.82, 2.24) is 10.0 Å². The molecule has 1 amide bonds. The Morgan fingerprint density at radius 2 is 2.00 bits per heavy atom. The van der Waals surface area contributed by atoms with E-state index in [9.17, 15) is 18.3 Å². The van der Waals surface area contributed by atoms with E-state index in [4.69, 9.17) is 25.8 Å². The monoisotopic (exact) mass is 442 g/mol. The summed E-state index contributed by atoms with van der Waals surface area (Å²) in [5.74, 6) is 1.03. The normalized spacial score (nSPS) is 13.8. The van der Waals surface area contributed by atoms with Crippen LogP contribution in [0.3, 0.4) is 0 Å². The summed E-state index contributed by atoms with van der Waals surface area (Å²) in [5.41, 5.74) is -0.0214. The third kappa shape index (κ3) is 5.10. The molecule has 1 aliphatic heterocycles. The SMILES string of the molecule is CNS(=O)(=O)c1ccc(Cl)c(C(=O)NCC(O)COc2ccc3c(c2)OCO3)c1. The number of hydrogen-bond donors (Lipinski definition) is 3. The second-order valence-corrected chi connectivity index (χ2v) is 8.33. The van der Waals surface area contributed by atoms with Crippen LogP contribution in [0.5, 0.6) is 17.2 Å². The summed E-state index contributed by atoms with van der Waals surface area (Å²) in [6.45, 7) is -0.0582. The summed E-state index contributed by atoms with van der Waals surface area (Å²) in [5, 5.41) is 12.6. The van der Waals surface area contributed by atoms with Gasteiger partial charge in [0.1, 0.15) is 18.5 Å². The molecule has 0 spiro atoms. The van der Waals surface area contributed by atoms with Crippen LogP contribution in [0.1, 0.15) is 10.4 Å². The van der Waals surface area contributed by atoms with Crippen molar-refractivity contribution in [3.8, 4) is 17.2 Å². The fourth-order valence-electron chi connectivity index (χ4n) is 2.49. The lowest BCUT2D eigenvalue weighted by molar-refractivity contribution is 0.0843. The molecule has 1 aliphatic rings. The number of nitrogens with one attached hydrogen (secondary N) is 2. The Morgan fingerprint density at radius 1 is 1.24 bits per heavy atom. The molecule has 0 saturated heterocycles. The highest BCUT2D eigenvalue weighted by Gasteiger charge is 2.19. The van der Waals surface area contributed by atoms with Crippen molar-refractivity contribution in [3.05, 3.63) is 47.0 Å². The summed E-state index contributed by atoms with van der Waals surface area (Å²) in [6, 6.07) is 8.78. The topological polar surface area (TPSA) is 123 Å². The molecule has 156 valence electrons. The van der Waals surface area contributed by atoms with E-state index in [-0.39, 0.29) is 35.4 Å². The number of sulfonamides is 1. The van der Waals surface area contributed by atoms with Gasteiger partial charge in [-0.05, 0) is 37.4 Å². The zero-order valence-corrected chi connectivity index (χ0v) is 16.9. The summed E-state index contributed by atoms with van der Waals surface area (Å²) < 4.78 is 41.9. The number of hydrogen-bond acceptors (Lipinski definition) is 7. The first-order valence-corrected chi connectivity index (χ1v) is 10.4. The summed E-state index contributed by atoms with van der Waals surface area (Å²) >= 11 is 6.00. The van der Waals surface area contributed by atoms with E-state index in [0.29, 0.717) is 17.2 Å². The summed E-state index contributed by atoms with van der Waals surface area (Å²) in [4.78, 5) is 12.3. The molecule has 0 radical (unpaired) electrons. The number of halogens is 1. The van der Waals surface area contributed by atoms with Gasteiger partial charge in [-0.1, -0.05) is 11.6 Å². The van der Waals surface area contributed by atoms with E-state index < -0.39 is 22.0 Å². The van der Waals surface area contributed by atoms with Crippen LogP contribution in [0.25, 0.3) is 0 Å². The number of amides is 1. The first-order valence-electron chi connectivity index (χ1n) is 8.52. The number of aliphatic hydroxyl groups is 1. The van der Waals surface area contributed by atoms with E-state index >= 15 is 0 Å². The highest BCUT2D eigenvalue weighted by Crippen LogP contribution is 2.35. The number of rotatable bonds is 8. The molecule has 0 aliphatic carbocycles. The molecule has 0 aromatic heterocycles. The minimum atomic E-state index is -3.72. The van der Waals surface area contributed by atoms with Gasteiger partial charge in [-0.2, -0.15) is 0 Å². The maximum atomic E-state index is 12.3. The molecule has 1 atom stereocenters. The highest BCUT2D eigenvalue weighted by molar-refractivity contribution is 7.89. The molecule has 3 N–H and O–H groups in total. The molecule has 0 saturated carbocycles. The lowest BCUT2D eigenvalue weighted by atomic mass is 10.2. The standard InChI is InChI=1S/C18H19ClN2O7S/c1-20-29(24,25)13-3-4-15(19)14(7-13)18(23)21-8-11(22)9-26-12-2-5-16-17(6-12)28-10-27-16/h2-7,11,20,22H,8-10H2,1H3,(H,21,23). The average Bonchev–Trinajstić information content (AvgIpc) is 3.18. The van der Waals surface area contributed by atoms with Gasteiger partial charge < -0.3 is 24.6 Å². The van der Waals surface area contributed by atoms with Crippen LogP contribution in [-0.4, -0.2) is 52.5 Å². The maximum Gasteiger partial charge on any atom is 0.252 e. The summed E-state index contributed by atoms with van der Waals surface area (Å²) in [7, 11) is -2.46. The minimum absolute atomic E-state index is 0.0214. The Balaban J connectivity index is 1.55. The Kier molecular flexibility index (Phi) is 6.48. The van der Waals surface area contributed by atoms with Crippen molar-refractivity contribution in [2.75, 3.05) is 27.0 Å². The Morgan fingerprint density at radius 3 is 2.76 bits per heavy atom. The van der Waals surface area contributed by atoms with Gasteiger partial charge in [0.25, 0.3) is 5.91 Å². The largest absolute Gasteiger partial charge is 0.491 e. The highest BCUT2D eigenvalue weighted by atomic mass is 35.5. The average molecular weight is 443 g/mol. The quantitative estimate of drug-likeness (QED) is 0.560. The van der Waals surface area contributed by atoms with E-state index in [1.807, 2.05) is 0 Å². The van der Waals surface area contributed by atoms with Gasteiger partial charge in [0.05, 0.1) is 15.5 Å². The second kappa shape index (κ2) is 8.87. The first kappa shape index (κ1) is 21.2. The fraction of sp³-hybridized carbons (Fsp3) is 0.278. The number of ether oxygens (including phenoxy) is 3. The molecule has 1 unspecified atom stereocenters. The van der Waals surface area contributed by atoms with Gasteiger partial charge >= 0.3 is 0 Å². The van der Waals surface area contributed by atoms with Crippen LogP contribution in [0.15, 0.2) is 41.3 Å². The zero-order chi connectivity index (χ0) is 21.0. The fourth-order valence-corrected chi connectivity index (χ4v) is 3.45. The molecule has 11 heteroatoms. The van der Waals surface area contributed by atoms with Gasteiger partial charge in [-0.25, -0.2) is 13.1 Å². The van der Waals surface area contributed by atoms with Crippen LogP contribution >= 0.6 is 11.6 Å². The van der Waals surface area contributed by atoms with Crippen LogP contribution in [0.2, 0.25) is 5.02 Å². The first-order chi connectivity index (χ1) is 13.8. The van der Waals surface area contributed by atoms with Crippen molar-refractivity contribution < 1.29 is 32.5 Å². The second-order valence-electron chi connectivity index (χ2n) is 6.04. The smallest absolute Gasteiger partial charge is 0.252 e. The zero-order valence-electron chi connectivity index (χ0n) is 15.3. The Bertz CT molecular complexity index is 1010. The maximum absolute atomic E-state index is 12.3. The molecule has 0 bridgehead atoms. The van der Waals surface area contributed by atoms with Crippen molar-refractivity contribution >= 4 is 27.5 Å². The Labute approximate surface area is 172 Å². The number of carbonyl (C=O) groups is 1. The molecule has 3 rings (SSSR count). The van der Waals surface area contributed by atoms with Crippen molar-refractivity contribution in [1.29, 1.82) is 0 Å². The predicted octanol–water partition coefficient (Wildman–Crippen LogP) is 1.15. The molecule has 29 heavy (non-hydrogen) atoms. The van der Waals surface area contributed by atoms with Gasteiger partial charge in [-0.15, -0.1) is 0 Å². The van der Waals surface area contributed by atoms with E-state index in [1.54, 1.807) is 18.2 Å². The number of aliphatic hydroxyl groups excluding tert-OH is 1. The predicted molar refractivity (Wildman–Crippen MR) is 104 cm³/mol. The van der Waals surface area contributed by atoms with Crippen molar-refractivity contribution in [2.24, 2.45) is 0 Å². The molecule has 9 nitrogen and oxygen atoms in total. The van der Waals surface area contributed by atoms with Crippen LogP contribution < -0.4 is 24.2 Å². The van der Waals surface area contributed by atoms with E-state index in [0.717, 1.165) is 0 Å². The van der Waals surface area contributed by atoms with Gasteiger partial charge in [0, 0.05) is 12.6 Å². The van der Waals surface area contributed by atoms with Gasteiger partial charge in [-0.3, -0.25) is 4.79 Å². The van der Waals surface area contributed by atoms with Crippen LogP contribution in [0.4, 0.5) is 0 Å². The van der Waals surface area contributed by atoms with Crippen molar-refractivity contribution in [2.45, 2.75) is 11.0 Å². The number of benzene rings is 2. The molecule has 0 fully saturated rings. The molecular formula is C18H19ClN2O7S. The van der Waals surface area contributed by atoms with Crippen molar-refractivity contribution in [3.63, 3.8) is 0 Å². The summed E-state index contributed by atoms with van der Waals surface area (Å²) in [6.07, 6.45) is -1.01. The van der Waals surface area contributed by atoms with Gasteiger partial charge in [0.15, 0.2) is 11.5 Å². The third-order valence-corrected chi connectivity index (χ3v) is 5.79. The lowest BCUT2D eigenvalue weighted by Crippen LogP contribution is -2.35. The van der Waals surface area contributed by atoms with Crippen LogP contribution in [-0.2, 0) is 10.0 Å². The van der Waals surface area contributed by atoms with E-state index in [2.05, 4.69) is 10.0 Å². The minimum Gasteiger partial charge on any atom is -0.491 e. The third-order valence-electron chi connectivity index (χ3n) is 4.05. The Hall–Kier alpha value is -2.53. The molecule has 2 aromatic carbocycles. The lowest BCUT2D eigenvalue weighted by Gasteiger charge is -2.14. The number of carbonyl (C=O) groups excluding carboxylic acids is 1. The molecule has 1 heterocycles. The molecule has 2 aromatic rings.